The van der Waals surface area contributed by atoms with E-state index in [2.05, 4.69) is 24.7 Å². The fourth-order valence-electron chi connectivity index (χ4n) is 1.66. The van der Waals surface area contributed by atoms with Gasteiger partial charge in [-0.05, 0) is 13.8 Å². The number of aryl methyl sites for hydroxylation is 2. The summed E-state index contributed by atoms with van der Waals surface area (Å²) in [5.74, 6) is 1.22. The van der Waals surface area contributed by atoms with E-state index in [0.29, 0.717) is 18.1 Å². The fourth-order valence-corrected chi connectivity index (χ4v) is 2.81. The average Bonchev–Trinajstić information content (AvgIpc) is 2.96. The number of hydrogen-bond acceptors (Lipinski definition) is 4. The molecule has 2 aromatic heterocycles. The van der Waals surface area contributed by atoms with Crippen molar-refractivity contribution in [1.82, 2.24) is 24.7 Å². The molecule has 8 heteroatoms. The standard InChI is InChI=1S/C11H17N5O2S/c1-4-9-12-6-10(15-9)19(17,18)16-8(3)11-13-5-7(2)14-11/h5-6,8,16H,4H2,1-3H3,(H,12,15)(H,13,14)/t8-/m0/s1. The van der Waals surface area contributed by atoms with Gasteiger partial charge in [-0.1, -0.05) is 6.92 Å². The highest BCUT2D eigenvalue weighted by molar-refractivity contribution is 7.89. The molecule has 2 aromatic rings. The third kappa shape index (κ3) is 3.02. The van der Waals surface area contributed by atoms with Gasteiger partial charge in [-0.25, -0.2) is 18.4 Å². The number of aromatic amines is 2. The highest BCUT2D eigenvalue weighted by Gasteiger charge is 2.21. The average molecular weight is 283 g/mol. The second-order valence-corrected chi connectivity index (χ2v) is 6.02. The van der Waals surface area contributed by atoms with Gasteiger partial charge in [-0.15, -0.1) is 0 Å². The van der Waals surface area contributed by atoms with Crippen molar-refractivity contribution < 1.29 is 8.42 Å². The molecule has 2 heterocycles. The van der Waals surface area contributed by atoms with Crippen LogP contribution >= 0.6 is 0 Å². The number of nitrogens with one attached hydrogen (secondary N) is 3. The summed E-state index contributed by atoms with van der Waals surface area (Å²) in [7, 11) is -3.62. The minimum Gasteiger partial charge on any atom is -0.345 e. The molecular formula is C11H17N5O2S. The molecule has 0 aromatic carbocycles. The van der Waals surface area contributed by atoms with Gasteiger partial charge >= 0.3 is 0 Å². The maximum Gasteiger partial charge on any atom is 0.258 e. The van der Waals surface area contributed by atoms with E-state index >= 15 is 0 Å². The predicted octanol–water partition coefficient (Wildman–Crippen LogP) is 1.04. The van der Waals surface area contributed by atoms with Crippen molar-refractivity contribution in [2.24, 2.45) is 0 Å². The number of imidazole rings is 2. The molecule has 3 N–H and O–H groups in total. The molecule has 0 radical (unpaired) electrons. The van der Waals surface area contributed by atoms with Crippen LogP contribution in [0.4, 0.5) is 0 Å². The van der Waals surface area contributed by atoms with Crippen LogP contribution in [0.1, 0.15) is 37.2 Å². The molecule has 0 spiro atoms. The summed E-state index contributed by atoms with van der Waals surface area (Å²) in [6.07, 6.45) is 3.63. The fraction of sp³-hybridized carbons (Fsp3) is 0.455. The second kappa shape index (κ2) is 5.14. The zero-order valence-corrected chi connectivity index (χ0v) is 11.9. The Morgan fingerprint density at radius 3 is 2.58 bits per heavy atom. The summed E-state index contributed by atoms with van der Waals surface area (Å²) < 4.78 is 26.8. The number of H-pyrrole nitrogens is 2. The lowest BCUT2D eigenvalue weighted by atomic mass is 10.3. The Morgan fingerprint density at radius 2 is 2.05 bits per heavy atom. The molecule has 104 valence electrons. The highest BCUT2D eigenvalue weighted by atomic mass is 32.2. The zero-order valence-electron chi connectivity index (χ0n) is 11.1. The first-order valence-corrected chi connectivity index (χ1v) is 7.48. The number of rotatable bonds is 5. The van der Waals surface area contributed by atoms with Crippen LogP contribution in [0.25, 0.3) is 0 Å². The Hall–Kier alpha value is -1.67. The van der Waals surface area contributed by atoms with E-state index < -0.39 is 16.1 Å². The molecule has 0 bridgehead atoms. The van der Waals surface area contributed by atoms with E-state index in [1.54, 1.807) is 13.1 Å². The minimum atomic E-state index is -3.62. The van der Waals surface area contributed by atoms with Crippen molar-refractivity contribution in [2.45, 2.75) is 38.3 Å². The highest BCUT2D eigenvalue weighted by Crippen LogP contribution is 2.13. The monoisotopic (exact) mass is 283 g/mol. The van der Waals surface area contributed by atoms with Crippen LogP contribution in [-0.4, -0.2) is 28.4 Å². The van der Waals surface area contributed by atoms with Gasteiger partial charge in [0.2, 0.25) is 0 Å². The van der Waals surface area contributed by atoms with Crippen LogP contribution in [0, 0.1) is 6.92 Å². The largest absolute Gasteiger partial charge is 0.345 e. The Kier molecular flexibility index (Phi) is 3.72. The first-order valence-electron chi connectivity index (χ1n) is 6.00. The predicted molar refractivity (Wildman–Crippen MR) is 70.0 cm³/mol. The molecule has 7 nitrogen and oxygen atoms in total. The first kappa shape index (κ1) is 13.8. The maximum absolute atomic E-state index is 12.1. The summed E-state index contributed by atoms with van der Waals surface area (Å²) in [6.45, 7) is 5.49. The van der Waals surface area contributed by atoms with Gasteiger partial charge in [0.25, 0.3) is 10.0 Å². The summed E-state index contributed by atoms with van der Waals surface area (Å²) in [6, 6.07) is -0.438. The quantitative estimate of drug-likeness (QED) is 0.762. The van der Waals surface area contributed by atoms with Crippen LogP contribution in [0.5, 0.6) is 0 Å². The van der Waals surface area contributed by atoms with Gasteiger partial charge in [0.05, 0.1) is 12.2 Å². The second-order valence-electron chi connectivity index (χ2n) is 4.34. The number of aromatic nitrogens is 4. The molecule has 0 amide bonds. The number of nitrogens with zero attached hydrogens (tertiary/aromatic N) is 2. The van der Waals surface area contributed by atoms with Gasteiger partial charge in [0.15, 0.2) is 5.03 Å². The van der Waals surface area contributed by atoms with Crippen molar-refractivity contribution in [3.05, 3.63) is 29.7 Å². The third-order valence-corrected chi connectivity index (χ3v) is 4.14. The maximum atomic E-state index is 12.1. The molecule has 0 aliphatic heterocycles. The Balaban J connectivity index is 2.17. The summed E-state index contributed by atoms with van der Waals surface area (Å²) in [5, 5.41) is 0.0690. The zero-order chi connectivity index (χ0) is 14.0. The Labute approximate surface area is 111 Å². The molecule has 1 atom stereocenters. The molecule has 0 fully saturated rings. The Bertz CT molecular complexity index is 658. The molecule has 0 aliphatic carbocycles. The number of sulfonamides is 1. The summed E-state index contributed by atoms with van der Waals surface area (Å²) in [5.41, 5.74) is 0.885. The topological polar surface area (TPSA) is 104 Å². The van der Waals surface area contributed by atoms with Crippen LogP contribution in [0.15, 0.2) is 17.4 Å². The van der Waals surface area contributed by atoms with E-state index in [0.717, 1.165) is 5.69 Å². The molecule has 0 unspecified atom stereocenters. The SMILES string of the molecule is CCc1ncc(S(=O)(=O)N[C@@H](C)c2ncc(C)[nH]2)[nH]1. The third-order valence-electron chi connectivity index (χ3n) is 2.69. The lowest BCUT2D eigenvalue weighted by molar-refractivity contribution is 0.557. The van der Waals surface area contributed by atoms with Crippen molar-refractivity contribution in [3.8, 4) is 0 Å². The van der Waals surface area contributed by atoms with Crippen LogP contribution in [0.2, 0.25) is 0 Å². The minimum absolute atomic E-state index is 0.0690. The molecule has 0 saturated carbocycles. The van der Waals surface area contributed by atoms with Crippen molar-refractivity contribution in [1.29, 1.82) is 0 Å². The van der Waals surface area contributed by atoms with Gasteiger partial charge in [-0.2, -0.15) is 4.72 Å². The lowest BCUT2D eigenvalue weighted by Gasteiger charge is -2.10. The van der Waals surface area contributed by atoms with Crippen LogP contribution in [-0.2, 0) is 16.4 Å². The van der Waals surface area contributed by atoms with Crippen LogP contribution < -0.4 is 4.72 Å². The van der Waals surface area contributed by atoms with Gasteiger partial charge < -0.3 is 9.97 Å². The van der Waals surface area contributed by atoms with E-state index in [9.17, 15) is 8.42 Å². The van der Waals surface area contributed by atoms with Crippen molar-refractivity contribution in [2.75, 3.05) is 0 Å². The lowest BCUT2D eigenvalue weighted by Crippen LogP contribution is -2.27. The van der Waals surface area contributed by atoms with E-state index in [4.69, 9.17) is 0 Å². The molecule has 2 rings (SSSR count). The summed E-state index contributed by atoms with van der Waals surface area (Å²) in [4.78, 5) is 13.9. The van der Waals surface area contributed by atoms with E-state index in [1.165, 1.54) is 6.20 Å². The Morgan fingerprint density at radius 1 is 1.32 bits per heavy atom. The van der Waals surface area contributed by atoms with Gasteiger partial charge in [-0.3, -0.25) is 0 Å². The summed E-state index contributed by atoms with van der Waals surface area (Å²) >= 11 is 0. The molecule has 19 heavy (non-hydrogen) atoms. The smallest absolute Gasteiger partial charge is 0.258 e. The van der Waals surface area contributed by atoms with Crippen LogP contribution in [0.3, 0.4) is 0 Å². The van der Waals surface area contributed by atoms with E-state index in [-0.39, 0.29) is 5.03 Å². The van der Waals surface area contributed by atoms with Gasteiger partial charge in [0, 0.05) is 18.3 Å². The normalized spacial score (nSPS) is 13.6. The molecular weight excluding hydrogens is 266 g/mol. The van der Waals surface area contributed by atoms with Crippen molar-refractivity contribution >= 4 is 10.0 Å². The van der Waals surface area contributed by atoms with Crippen molar-refractivity contribution in [3.63, 3.8) is 0 Å². The first-order chi connectivity index (χ1) is 8.92. The molecule has 0 aliphatic rings. The number of hydrogen-bond donors (Lipinski definition) is 3. The van der Waals surface area contributed by atoms with Gasteiger partial charge in [0.1, 0.15) is 11.6 Å². The molecule has 0 saturated heterocycles. The van der Waals surface area contributed by atoms with E-state index in [1.807, 2.05) is 13.8 Å².